The number of amides is 1. The summed E-state index contributed by atoms with van der Waals surface area (Å²) in [4.78, 5) is 27.3. The van der Waals surface area contributed by atoms with E-state index in [0.29, 0.717) is 13.1 Å². The fourth-order valence-corrected chi connectivity index (χ4v) is 3.54. The molecule has 2 aromatic heterocycles. The number of carbonyl (C=O) groups is 1. The summed E-state index contributed by atoms with van der Waals surface area (Å²) in [7, 11) is 0. The van der Waals surface area contributed by atoms with Crippen molar-refractivity contribution in [3.8, 4) is 0 Å². The summed E-state index contributed by atoms with van der Waals surface area (Å²) >= 11 is 0. The fourth-order valence-electron chi connectivity index (χ4n) is 3.54. The summed E-state index contributed by atoms with van der Waals surface area (Å²) in [6.45, 7) is 10.8. The molecule has 0 aromatic carbocycles. The van der Waals surface area contributed by atoms with Gasteiger partial charge in [-0.3, -0.25) is 19.2 Å². The van der Waals surface area contributed by atoms with Crippen molar-refractivity contribution < 1.29 is 4.79 Å². The van der Waals surface area contributed by atoms with E-state index in [1.807, 2.05) is 18.5 Å². The molecule has 146 valence electrons. The second-order valence-corrected chi connectivity index (χ2v) is 7.10. The molecule has 7 heteroatoms. The van der Waals surface area contributed by atoms with Crippen molar-refractivity contribution in [3.05, 3.63) is 51.2 Å². The molecule has 0 atom stereocenters. The molecule has 0 spiro atoms. The van der Waals surface area contributed by atoms with Crippen LogP contribution in [-0.2, 0) is 26.2 Å². The second kappa shape index (κ2) is 8.52. The highest BCUT2D eigenvalue weighted by atomic mass is 16.2. The number of aromatic nitrogens is 3. The lowest BCUT2D eigenvalue weighted by molar-refractivity contribution is 0.0948. The molecular weight excluding hydrogens is 342 g/mol. The number of carbonyl (C=O) groups excluding carboxylic acids is 1. The Kier molecular flexibility index (Phi) is 6.11. The lowest BCUT2D eigenvalue weighted by Crippen LogP contribution is -2.34. The van der Waals surface area contributed by atoms with Crippen LogP contribution < -0.4 is 10.9 Å². The summed E-state index contributed by atoms with van der Waals surface area (Å²) in [5, 5.41) is 7.43. The van der Waals surface area contributed by atoms with Gasteiger partial charge in [-0.25, -0.2) is 0 Å². The first-order valence-electron chi connectivity index (χ1n) is 9.80. The van der Waals surface area contributed by atoms with Gasteiger partial charge in [0.2, 0.25) is 0 Å². The molecule has 1 aliphatic heterocycles. The van der Waals surface area contributed by atoms with E-state index in [4.69, 9.17) is 0 Å². The maximum Gasteiger partial charge on any atom is 0.263 e. The molecule has 27 heavy (non-hydrogen) atoms. The van der Waals surface area contributed by atoms with E-state index in [1.54, 1.807) is 16.7 Å². The average molecular weight is 371 g/mol. The molecule has 0 saturated carbocycles. The predicted molar refractivity (Wildman–Crippen MR) is 105 cm³/mol. The van der Waals surface area contributed by atoms with Gasteiger partial charge in [-0.05, 0) is 45.0 Å². The number of hydrogen-bond donors (Lipinski definition) is 1. The second-order valence-electron chi connectivity index (χ2n) is 7.10. The van der Waals surface area contributed by atoms with Crippen molar-refractivity contribution in [3.63, 3.8) is 0 Å². The lowest BCUT2D eigenvalue weighted by Gasteiger charge is -2.27. The summed E-state index contributed by atoms with van der Waals surface area (Å²) in [6.07, 6.45) is 2.41. The molecule has 1 N–H and O–H groups in total. The number of hydrogen-bond acceptors (Lipinski definition) is 4. The Balaban J connectivity index is 1.64. The van der Waals surface area contributed by atoms with Gasteiger partial charge < -0.3 is 9.88 Å². The summed E-state index contributed by atoms with van der Waals surface area (Å²) in [6, 6.07) is 5.46. The highest BCUT2D eigenvalue weighted by Gasteiger charge is 2.19. The molecule has 3 heterocycles. The third-order valence-corrected chi connectivity index (χ3v) is 5.14. The zero-order chi connectivity index (χ0) is 19.4. The number of nitrogens with one attached hydrogen (secondary N) is 1. The number of aryl methyl sites for hydroxylation is 1. The summed E-state index contributed by atoms with van der Waals surface area (Å²) in [5.74, 6) is -0.349. The SMILES string of the molecule is CCCCN1CCn2nc(CNC(=O)c3ccc(C)n(CC)c3=O)cc2C1. The highest BCUT2D eigenvalue weighted by Crippen LogP contribution is 2.14. The Labute approximate surface area is 160 Å². The van der Waals surface area contributed by atoms with Gasteiger partial charge >= 0.3 is 0 Å². The van der Waals surface area contributed by atoms with Crippen LogP contribution in [0.5, 0.6) is 0 Å². The molecule has 0 unspecified atom stereocenters. The Bertz CT molecular complexity index is 868. The van der Waals surface area contributed by atoms with Crippen molar-refractivity contribution >= 4 is 5.91 Å². The quantitative estimate of drug-likeness (QED) is 0.807. The zero-order valence-corrected chi connectivity index (χ0v) is 16.5. The normalized spacial score (nSPS) is 14.2. The minimum absolute atomic E-state index is 0.178. The first-order valence-corrected chi connectivity index (χ1v) is 9.80. The number of nitrogens with zero attached hydrogens (tertiary/aromatic N) is 4. The van der Waals surface area contributed by atoms with Crippen LogP contribution in [0.4, 0.5) is 0 Å². The van der Waals surface area contributed by atoms with Crippen molar-refractivity contribution in [2.75, 3.05) is 13.1 Å². The third-order valence-electron chi connectivity index (χ3n) is 5.14. The average Bonchev–Trinajstić information content (AvgIpc) is 3.07. The molecule has 0 bridgehead atoms. The molecular formula is C20H29N5O2. The van der Waals surface area contributed by atoms with Crippen LogP contribution in [0, 0.1) is 6.92 Å². The number of rotatable bonds is 7. The summed E-state index contributed by atoms with van der Waals surface area (Å²) in [5.41, 5.74) is 2.81. The number of fused-ring (bicyclic) bond motifs is 1. The Hall–Kier alpha value is -2.41. The van der Waals surface area contributed by atoms with E-state index in [9.17, 15) is 9.59 Å². The van der Waals surface area contributed by atoms with Crippen LogP contribution in [0.25, 0.3) is 0 Å². The minimum Gasteiger partial charge on any atom is -0.346 e. The van der Waals surface area contributed by atoms with Gasteiger partial charge in [-0.2, -0.15) is 5.10 Å². The third kappa shape index (κ3) is 4.30. The van der Waals surface area contributed by atoms with E-state index in [0.717, 1.165) is 37.6 Å². The minimum atomic E-state index is -0.349. The van der Waals surface area contributed by atoms with Gasteiger partial charge in [-0.1, -0.05) is 13.3 Å². The van der Waals surface area contributed by atoms with Crippen LogP contribution in [0.1, 0.15) is 54.1 Å². The maximum atomic E-state index is 12.5. The first kappa shape index (κ1) is 19.4. The molecule has 2 aromatic rings. The van der Waals surface area contributed by atoms with E-state index in [-0.39, 0.29) is 17.0 Å². The van der Waals surface area contributed by atoms with Gasteiger partial charge in [0.15, 0.2) is 0 Å². The Morgan fingerprint density at radius 2 is 2.07 bits per heavy atom. The fraction of sp³-hybridized carbons (Fsp3) is 0.550. The van der Waals surface area contributed by atoms with Gasteiger partial charge in [0, 0.05) is 25.3 Å². The Morgan fingerprint density at radius 3 is 2.81 bits per heavy atom. The molecule has 0 saturated heterocycles. The van der Waals surface area contributed by atoms with E-state index >= 15 is 0 Å². The molecule has 1 aliphatic rings. The maximum absolute atomic E-state index is 12.5. The molecule has 1 amide bonds. The molecule has 3 rings (SSSR count). The van der Waals surface area contributed by atoms with Crippen LogP contribution in [0.15, 0.2) is 23.0 Å². The number of unbranched alkanes of at least 4 members (excludes halogenated alkanes) is 1. The van der Waals surface area contributed by atoms with Gasteiger partial charge in [0.05, 0.1) is 24.5 Å². The molecule has 0 aliphatic carbocycles. The molecule has 0 radical (unpaired) electrons. The van der Waals surface area contributed by atoms with Crippen molar-refractivity contribution in [1.29, 1.82) is 0 Å². The van der Waals surface area contributed by atoms with E-state index < -0.39 is 0 Å². The van der Waals surface area contributed by atoms with Crippen LogP contribution in [0.2, 0.25) is 0 Å². The lowest BCUT2D eigenvalue weighted by atomic mass is 10.2. The summed E-state index contributed by atoms with van der Waals surface area (Å²) < 4.78 is 3.63. The number of pyridine rings is 1. The van der Waals surface area contributed by atoms with Crippen molar-refractivity contribution in [2.45, 2.75) is 59.8 Å². The first-order chi connectivity index (χ1) is 13.0. The van der Waals surface area contributed by atoms with Crippen molar-refractivity contribution in [2.24, 2.45) is 0 Å². The standard InChI is InChI=1S/C20H29N5O2/c1-4-6-9-23-10-11-25-17(14-23)12-16(22-25)13-21-19(26)18-8-7-15(3)24(5-2)20(18)27/h7-8,12H,4-6,9-11,13-14H2,1-3H3,(H,21,26). The van der Waals surface area contributed by atoms with Crippen LogP contribution in [0.3, 0.4) is 0 Å². The van der Waals surface area contributed by atoms with Crippen molar-refractivity contribution in [1.82, 2.24) is 24.6 Å². The van der Waals surface area contributed by atoms with Gasteiger partial charge in [-0.15, -0.1) is 0 Å². The van der Waals surface area contributed by atoms with Crippen LogP contribution in [-0.4, -0.2) is 38.2 Å². The van der Waals surface area contributed by atoms with E-state index in [1.165, 1.54) is 18.5 Å². The molecule has 0 fully saturated rings. The smallest absolute Gasteiger partial charge is 0.263 e. The largest absolute Gasteiger partial charge is 0.346 e. The Morgan fingerprint density at radius 1 is 1.26 bits per heavy atom. The monoisotopic (exact) mass is 371 g/mol. The topological polar surface area (TPSA) is 72.2 Å². The van der Waals surface area contributed by atoms with Gasteiger partial charge in [0.25, 0.3) is 11.5 Å². The molecule has 7 nitrogen and oxygen atoms in total. The van der Waals surface area contributed by atoms with Gasteiger partial charge in [0.1, 0.15) is 5.56 Å². The van der Waals surface area contributed by atoms with E-state index in [2.05, 4.69) is 28.3 Å². The van der Waals surface area contributed by atoms with Crippen LogP contribution >= 0.6 is 0 Å². The highest BCUT2D eigenvalue weighted by molar-refractivity contribution is 5.93. The predicted octanol–water partition coefficient (Wildman–Crippen LogP) is 1.92. The zero-order valence-electron chi connectivity index (χ0n) is 16.5.